The van der Waals surface area contributed by atoms with Crippen molar-refractivity contribution in [3.05, 3.63) is 249 Å². The Hall–Kier alpha value is -8.18. The highest BCUT2D eigenvalue weighted by Crippen LogP contribution is 2.41. The van der Waals surface area contributed by atoms with Gasteiger partial charge < -0.3 is 13.7 Å². The molecule has 0 atom stereocenters. The Kier molecular flexibility index (Phi) is 8.23. The van der Waals surface area contributed by atoms with E-state index in [4.69, 9.17) is 0 Å². The van der Waals surface area contributed by atoms with Crippen LogP contribution in [-0.4, -0.2) is 21.8 Å². The molecule has 13 rings (SSSR count). The normalized spacial score (nSPS) is 12.1. The number of nitrogens with zero attached hydrogens (tertiary/aromatic N) is 3. The predicted octanol–water partition coefficient (Wildman–Crippen LogP) is 12.4. The van der Waals surface area contributed by atoms with Crippen LogP contribution in [0.15, 0.2) is 249 Å². The van der Waals surface area contributed by atoms with Crippen LogP contribution in [0.4, 0.5) is 0 Å². The first-order valence-corrected chi connectivity index (χ1v) is 24.1. The molecule has 0 aliphatic heterocycles. The molecule has 0 fully saturated rings. The molecular formula is C60H41N3Si. The summed E-state index contributed by atoms with van der Waals surface area (Å²) in [7, 11) is -3.01. The van der Waals surface area contributed by atoms with Gasteiger partial charge in [-0.15, -0.1) is 0 Å². The van der Waals surface area contributed by atoms with Crippen molar-refractivity contribution in [1.29, 1.82) is 0 Å². The van der Waals surface area contributed by atoms with E-state index >= 15 is 0 Å². The average Bonchev–Trinajstić information content (AvgIpc) is 4.01. The molecule has 0 aliphatic carbocycles. The molecule has 64 heavy (non-hydrogen) atoms. The first-order valence-electron chi connectivity index (χ1n) is 22.1. The first kappa shape index (κ1) is 36.5. The van der Waals surface area contributed by atoms with Crippen LogP contribution in [0.3, 0.4) is 0 Å². The van der Waals surface area contributed by atoms with E-state index in [-0.39, 0.29) is 0 Å². The summed E-state index contributed by atoms with van der Waals surface area (Å²) in [6, 6.07) is 92.4. The third-order valence-corrected chi connectivity index (χ3v) is 18.4. The van der Waals surface area contributed by atoms with E-state index in [1.165, 1.54) is 86.2 Å². The average molecular weight is 832 g/mol. The molecule has 0 N–H and O–H groups in total. The van der Waals surface area contributed by atoms with Crippen LogP contribution in [0, 0.1) is 0 Å². The predicted molar refractivity (Wildman–Crippen MR) is 273 cm³/mol. The molecule has 3 aromatic heterocycles. The van der Waals surface area contributed by atoms with Gasteiger partial charge in [0, 0.05) is 43.7 Å². The highest BCUT2D eigenvalue weighted by Gasteiger charge is 2.43. The van der Waals surface area contributed by atoms with Crippen molar-refractivity contribution in [3.8, 4) is 17.1 Å². The van der Waals surface area contributed by atoms with Crippen LogP contribution in [-0.2, 0) is 0 Å². The Bertz CT molecular complexity index is 3730. The zero-order valence-corrected chi connectivity index (χ0v) is 36.0. The van der Waals surface area contributed by atoms with Crippen molar-refractivity contribution in [2.75, 3.05) is 0 Å². The van der Waals surface area contributed by atoms with Gasteiger partial charge in [-0.05, 0) is 81.4 Å². The first-order chi connectivity index (χ1) is 31.8. The molecule has 0 unspecified atom stereocenters. The molecule has 300 valence electrons. The van der Waals surface area contributed by atoms with Crippen LogP contribution >= 0.6 is 0 Å². The lowest BCUT2D eigenvalue weighted by atomic mass is 10.1. The number of benzene rings is 10. The minimum Gasteiger partial charge on any atom is -0.309 e. The van der Waals surface area contributed by atoms with E-state index in [9.17, 15) is 0 Å². The fourth-order valence-corrected chi connectivity index (χ4v) is 16.0. The summed E-state index contributed by atoms with van der Waals surface area (Å²) in [6.45, 7) is 0. The zero-order valence-electron chi connectivity index (χ0n) is 35.0. The maximum atomic E-state index is 2.56. The van der Waals surface area contributed by atoms with Gasteiger partial charge in [0.15, 0.2) is 8.07 Å². The van der Waals surface area contributed by atoms with Crippen LogP contribution < -0.4 is 20.7 Å². The Morgan fingerprint density at radius 2 is 0.703 bits per heavy atom. The van der Waals surface area contributed by atoms with Gasteiger partial charge in [0.05, 0.1) is 38.8 Å². The minimum absolute atomic E-state index is 1.14. The van der Waals surface area contributed by atoms with Crippen molar-refractivity contribution in [2.24, 2.45) is 0 Å². The molecule has 0 spiro atoms. The highest BCUT2D eigenvalue weighted by molar-refractivity contribution is 7.20. The summed E-state index contributed by atoms with van der Waals surface area (Å²) in [5.74, 6) is 0. The molecule has 4 heteroatoms. The van der Waals surface area contributed by atoms with Crippen molar-refractivity contribution in [3.63, 3.8) is 0 Å². The third kappa shape index (κ3) is 5.21. The molecule has 13 aromatic rings. The maximum Gasteiger partial charge on any atom is 0.180 e. The Labute approximate surface area is 372 Å². The number of aromatic nitrogens is 3. The van der Waals surface area contributed by atoms with Gasteiger partial charge in [-0.1, -0.05) is 188 Å². The molecule has 3 heterocycles. The second-order valence-corrected chi connectivity index (χ2v) is 20.6. The second-order valence-electron chi connectivity index (χ2n) is 16.8. The van der Waals surface area contributed by atoms with E-state index in [0.29, 0.717) is 0 Å². The van der Waals surface area contributed by atoms with Crippen LogP contribution in [0.1, 0.15) is 0 Å². The summed E-state index contributed by atoms with van der Waals surface area (Å²) in [5.41, 5.74) is 10.5. The number of hydrogen-bond donors (Lipinski definition) is 0. The fourth-order valence-electron chi connectivity index (χ4n) is 11.0. The van der Waals surface area contributed by atoms with Crippen LogP contribution in [0.5, 0.6) is 0 Å². The van der Waals surface area contributed by atoms with Gasteiger partial charge >= 0.3 is 0 Å². The van der Waals surface area contributed by atoms with Crippen molar-refractivity contribution in [1.82, 2.24) is 13.7 Å². The number of rotatable bonds is 7. The standard InChI is InChI=1S/C60H41N3Si/c1-5-21-42(22-6-1)62-54-35-18-15-31-49(54)50-32-19-37-57(60(50)62)63-55-40-39-43(61-52-33-16-13-29-47(52)48-30-14-17-34-53(48)61)41-51(55)59-56(63)36-20-38-58(59)64(44-23-7-2-8-24-44,45-25-9-3-10-26-45)46-27-11-4-12-28-46/h1-41H. The van der Waals surface area contributed by atoms with Crippen LogP contribution in [0.25, 0.3) is 82.5 Å². The van der Waals surface area contributed by atoms with Gasteiger partial charge in [0.1, 0.15) is 0 Å². The lowest BCUT2D eigenvalue weighted by Gasteiger charge is -2.35. The monoisotopic (exact) mass is 831 g/mol. The molecule has 10 aromatic carbocycles. The Balaban J connectivity index is 1.23. The number of para-hydroxylation sites is 5. The molecule has 0 bridgehead atoms. The van der Waals surface area contributed by atoms with Gasteiger partial charge in [-0.25, -0.2) is 0 Å². The minimum atomic E-state index is -3.01. The summed E-state index contributed by atoms with van der Waals surface area (Å²) >= 11 is 0. The molecule has 0 saturated heterocycles. The summed E-state index contributed by atoms with van der Waals surface area (Å²) < 4.78 is 7.48. The SMILES string of the molecule is c1ccc(-n2c3ccccc3c3cccc(-n4c5ccc(-n6c7ccccc7c7ccccc76)cc5c5c([Si](c6ccccc6)(c6ccccc6)c6ccccc6)cccc54)c32)cc1. The summed E-state index contributed by atoms with van der Waals surface area (Å²) in [5, 5.41) is 12.9. The number of fused-ring (bicyclic) bond motifs is 9. The maximum absolute atomic E-state index is 3.01. The lowest BCUT2D eigenvalue weighted by Crippen LogP contribution is -2.74. The fraction of sp³-hybridized carbons (Fsp3) is 0. The van der Waals surface area contributed by atoms with E-state index in [0.717, 1.165) is 17.1 Å². The van der Waals surface area contributed by atoms with E-state index in [1.54, 1.807) is 0 Å². The van der Waals surface area contributed by atoms with E-state index in [1.807, 2.05) is 0 Å². The molecule has 0 radical (unpaired) electrons. The largest absolute Gasteiger partial charge is 0.309 e. The smallest absolute Gasteiger partial charge is 0.180 e. The van der Waals surface area contributed by atoms with Gasteiger partial charge in [-0.2, -0.15) is 0 Å². The Morgan fingerprint density at radius 1 is 0.266 bits per heavy atom. The van der Waals surface area contributed by atoms with E-state index < -0.39 is 8.07 Å². The van der Waals surface area contributed by atoms with E-state index in [2.05, 4.69) is 262 Å². The van der Waals surface area contributed by atoms with Crippen LogP contribution in [0.2, 0.25) is 0 Å². The molecular weight excluding hydrogens is 791 g/mol. The quantitative estimate of drug-likeness (QED) is 0.112. The topological polar surface area (TPSA) is 14.8 Å². The Morgan fingerprint density at radius 3 is 1.28 bits per heavy atom. The highest BCUT2D eigenvalue weighted by atomic mass is 28.3. The van der Waals surface area contributed by atoms with Gasteiger partial charge in [0.25, 0.3) is 0 Å². The third-order valence-electron chi connectivity index (χ3n) is 13.6. The van der Waals surface area contributed by atoms with Gasteiger partial charge in [-0.3, -0.25) is 0 Å². The molecule has 0 saturated carbocycles. The van der Waals surface area contributed by atoms with Crippen molar-refractivity contribution in [2.45, 2.75) is 0 Å². The van der Waals surface area contributed by atoms with Gasteiger partial charge in [0.2, 0.25) is 0 Å². The lowest BCUT2D eigenvalue weighted by molar-refractivity contribution is 1.13. The molecule has 3 nitrogen and oxygen atoms in total. The molecule has 0 aliphatic rings. The number of hydrogen-bond acceptors (Lipinski definition) is 0. The second kappa shape index (κ2) is 14.5. The van der Waals surface area contributed by atoms with Crippen molar-refractivity contribution < 1.29 is 0 Å². The zero-order chi connectivity index (χ0) is 42.2. The summed E-state index contributed by atoms with van der Waals surface area (Å²) in [4.78, 5) is 0. The summed E-state index contributed by atoms with van der Waals surface area (Å²) in [6.07, 6.45) is 0. The molecule has 0 amide bonds. The van der Waals surface area contributed by atoms with Crippen molar-refractivity contribution >= 4 is 94.2 Å².